The third kappa shape index (κ3) is 5.96. The molecule has 0 spiro atoms. The maximum Gasteiger partial charge on any atom is 0.0575 e. The molecule has 0 radical (unpaired) electrons. The van der Waals surface area contributed by atoms with Crippen molar-refractivity contribution in [2.24, 2.45) is 0 Å². The third-order valence-corrected chi connectivity index (χ3v) is 3.70. The maximum atomic E-state index is 4.57. The van der Waals surface area contributed by atoms with Crippen LogP contribution in [0.25, 0.3) is 0 Å². The summed E-state index contributed by atoms with van der Waals surface area (Å²) in [6.07, 6.45) is 7.09. The van der Waals surface area contributed by atoms with Gasteiger partial charge in [0.1, 0.15) is 0 Å². The zero-order chi connectivity index (χ0) is 12.6. The van der Waals surface area contributed by atoms with Crippen LogP contribution in [0.15, 0.2) is 24.4 Å². The number of halogens is 2. The molecule has 0 aromatic carbocycles. The molecule has 20 heavy (non-hydrogen) atoms. The van der Waals surface area contributed by atoms with Gasteiger partial charge in [-0.05, 0) is 18.6 Å². The monoisotopic (exact) mass is 319 g/mol. The van der Waals surface area contributed by atoms with E-state index < -0.39 is 0 Å². The number of aromatic nitrogens is 1. The molecule has 1 atom stereocenters. The third-order valence-electron chi connectivity index (χ3n) is 3.70. The summed E-state index contributed by atoms with van der Waals surface area (Å²) < 4.78 is 0. The van der Waals surface area contributed by atoms with Crippen LogP contribution >= 0.6 is 24.8 Å². The van der Waals surface area contributed by atoms with Gasteiger partial charge >= 0.3 is 0 Å². The molecular formula is C15H27Cl2N3. The number of nitrogens with one attached hydrogen (secondary N) is 1. The lowest BCUT2D eigenvalue weighted by Gasteiger charge is -2.34. The van der Waals surface area contributed by atoms with Gasteiger partial charge in [0.15, 0.2) is 0 Å². The molecule has 1 N–H and O–H groups in total. The Kier molecular flexibility index (Phi) is 11.1. The van der Waals surface area contributed by atoms with E-state index in [4.69, 9.17) is 0 Å². The Balaban J connectivity index is 0.00000180. The van der Waals surface area contributed by atoms with E-state index in [0.29, 0.717) is 6.04 Å². The SMILES string of the molecule is CCCCC[C@H](c1ccccn1)N1CCNCC1.Cl.Cl. The first-order chi connectivity index (χ1) is 8.92. The molecule has 116 valence electrons. The predicted octanol–water partition coefficient (Wildman–Crippen LogP) is 3.45. The van der Waals surface area contributed by atoms with Gasteiger partial charge in [0.05, 0.1) is 11.7 Å². The zero-order valence-corrected chi connectivity index (χ0v) is 13.9. The van der Waals surface area contributed by atoms with Gasteiger partial charge in [-0.15, -0.1) is 24.8 Å². The average Bonchev–Trinajstić information content (AvgIpc) is 2.46. The molecule has 1 aliphatic heterocycles. The Morgan fingerprint density at radius 1 is 1.20 bits per heavy atom. The molecule has 1 aromatic rings. The minimum atomic E-state index is 0. The molecule has 5 heteroatoms. The van der Waals surface area contributed by atoms with E-state index in [1.807, 2.05) is 12.3 Å². The fraction of sp³-hybridized carbons (Fsp3) is 0.667. The highest BCUT2D eigenvalue weighted by Gasteiger charge is 2.22. The topological polar surface area (TPSA) is 28.2 Å². The highest BCUT2D eigenvalue weighted by Crippen LogP contribution is 2.25. The zero-order valence-electron chi connectivity index (χ0n) is 12.3. The van der Waals surface area contributed by atoms with Crippen molar-refractivity contribution in [3.8, 4) is 0 Å². The highest BCUT2D eigenvalue weighted by molar-refractivity contribution is 5.85. The smallest absolute Gasteiger partial charge is 0.0575 e. The molecule has 0 saturated carbocycles. The number of rotatable bonds is 6. The van der Waals surface area contributed by atoms with Crippen molar-refractivity contribution >= 4 is 24.8 Å². The Bertz CT molecular complexity index is 329. The lowest BCUT2D eigenvalue weighted by Crippen LogP contribution is -2.45. The van der Waals surface area contributed by atoms with E-state index in [1.54, 1.807) is 0 Å². The van der Waals surface area contributed by atoms with Gasteiger partial charge in [0, 0.05) is 32.4 Å². The minimum absolute atomic E-state index is 0. The van der Waals surface area contributed by atoms with Gasteiger partial charge in [0.25, 0.3) is 0 Å². The predicted molar refractivity (Wildman–Crippen MR) is 90.1 cm³/mol. The van der Waals surface area contributed by atoms with Crippen LogP contribution in [0.2, 0.25) is 0 Å². The van der Waals surface area contributed by atoms with E-state index in [9.17, 15) is 0 Å². The van der Waals surface area contributed by atoms with Crippen LogP contribution in [0.1, 0.15) is 44.3 Å². The molecule has 0 amide bonds. The standard InChI is InChI=1S/C15H25N3.2ClH/c1-2-3-4-8-15(14-7-5-6-9-17-14)18-12-10-16-11-13-18;;/h5-7,9,15-16H,2-4,8,10-13H2,1H3;2*1H/t15-;;/m1../s1. The van der Waals surface area contributed by atoms with Crippen molar-refractivity contribution < 1.29 is 0 Å². The Labute approximate surface area is 135 Å². The minimum Gasteiger partial charge on any atom is -0.314 e. The number of unbranched alkanes of at least 4 members (excludes halogenated alkanes) is 2. The first kappa shape index (κ1) is 19.7. The number of nitrogens with zero attached hydrogens (tertiary/aromatic N) is 2. The summed E-state index contributed by atoms with van der Waals surface area (Å²) in [4.78, 5) is 7.16. The summed E-state index contributed by atoms with van der Waals surface area (Å²) in [5.74, 6) is 0. The summed E-state index contributed by atoms with van der Waals surface area (Å²) in [6.45, 7) is 6.77. The van der Waals surface area contributed by atoms with Crippen LogP contribution in [0.5, 0.6) is 0 Å². The number of piperazine rings is 1. The van der Waals surface area contributed by atoms with Gasteiger partial charge in [-0.3, -0.25) is 9.88 Å². The average molecular weight is 320 g/mol. The fourth-order valence-electron chi connectivity index (χ4n) is 2.67. The van der Waals surface area contributed by atoms with Crippen LogP contribution in [-0.2, 0) is 0 Å². The number of hydrogen-bond donors (Lipinski definition) is 1. The summed E-state index contributed by atoms with van der Waals surface area (Å²) in [5, 5.41) is 3.43. The Morgan fingerprint density at radius 2 is 1.95 bits per heavy atom. The van der Waals surface area contributed by atoms with Crippen molar-refractivity contribution in [3.05, 3.63) is 30.1 Å². The molecule has 2 rings (SSSR count). The molecule has 1 saturated heterocycles. The van der Waals surface area contributed by atoms with Gasteiger partial charge in [-0.25, -0.2) is 0 Å². The largest absolute Gasteiger partial charge is 0.314 e. The van der Waals surface area contributed by atoms with E-state index in [-0.39, 0.29) is 24.8 Å². The van der Waals surface area contributed by atoms with Crippen LogP contribution in [0.3, 0.4) is 0 Å². The van der Waals surface area contributed by atoms with E-state index >= 15 is 0 Å². The van der Waals surface area contributed by atoms with E-state index in [1.165, 1.54) is 31.4 Å². The first-order valence-electron chi connectivity index (χ1n) is 7.27. The molecule has 1 aromatic heterocycles. The molecule has 3 nitrogen and oxygen atoms in total. The second-order valence-corrected chi connectivity index (χ2v) is 5.05. The Hall–Kier alpha value is -0.350. The molecule has 0 unspecified atom stereocenters. The van der Waals surface area contributed by atoms with Gasteiger partial charge in [0.2, 0.25) is 0 Å². The normalized spacial score (nSPS) is 16.9. The summed E-state index contributed by atoms with van der Waals surface area (Å²) in [5.41, 5.74) is 1.25. The molecule has 1 fully saturated rings. The van der Waals surface area contributed by atoms with E-state index in [0.717, 1.165) is 26.2 Å². The van der Waals surface area contributed by atoms with Gasteiger partial charge in [-0.1, -0.05) is 32.3 Å². The van der Waals surface area contributed by atoms with Crippen LogP contribution in [0, 0.1) is 0 Å². The molecular weight excluding hydrogens is 293 g/mol. The summed E-state index contributed by atoms with van der Waals surface area (Å²) in [6, 6.07) is 6.81. The molecule has 0 bridgehead atoms. The maximum absolute atomic E-state index is 4.57. The highest BCUT2D eigenvalue weighted by atomic mass is 35.5. The van der Waals surface area contributed by atoms with Gasteiger partial charge in [-0.2, -0.15) is 0 Å². The summed E-state index contributed by atoms with van der Waals surface area (Å²) >= 11 is 0. The van der Waals surface area contributed by atoms with Crippen LogP contribution in [0.4, 0.5) is 0 Å². The molecule has 1 aliphatic rings. The van der Waals surface area contributed by atoms with Crippen molar-refractivity contribution in [3.63, 3.8) is 0 Å². The second kappa shape index (κ2) is 11.3. The number of pyridine rings is 1. The van der Waals surface area contributed by atoms with Crippen LogP contribution in [-0.4, -0.2) is 36.1 Å². The quantitative estimate of drug-likeness (QED) is 0.814. The summed E-state index contributed by atoms with van der Waals surface area (Å²) in [7, 11) is 0. The van der Waals surface area contributed by atoms with Crippen molar-refractivity contribution in [2.45, 2.75) is 38.6 Å². The Morgan fingerprint density at radius 3 is 2.55 bits per heavy atom. The van der Waals surface area contributed by atoms with Crippen molar-refractivity contribution in [1.82, 2.24) is 15.2 Å². The lowest BCUT2D eigenvalue weighted by atomic mass is 10.0. The molecule has 0 aliphatic carbocycles. The van der Waals surface area contributed by atoms with Crippen molar-refractivity contribution in [2.75, 3.05) is 26.2 Å². The van der Waals surface area contributed by atoms with Crippen LogP contribution < -0.4 is 5.32 Å². The fourth-order valence-corrected chi connectivity index (χ4v) is 2.67. The molecule has 2 heterocycles. The van der Waals surface area contributed by atoms with Gasteiger partial charge < -0.3 is 5.32 Å². The van der Waals surface area contributed by atoms with Crippen molar-refractivity contribution in [1.29, 1.82) is 0 Å². The second-order valence-electron chi connectivity index (χ2n) is 5.05. The first-order valence-corrected chi connectivity index (χ1v) is 7.27. The number of hydrogen-bond acceptors (Lipinski definition) is 3. The lowest BCUT2D eigenvalue weighted by molar-refractivity contribution is 0.159. The van der Waals surface area contributed by atoms with E-state index in [2.05, 4.69) is 34.3 Å².